The van der Waals surface area contributed by atoms with Crippen LogP contribution in [-0.2, 0) is 14.4 Å². The molecule has 360 valence electrons. The average Bonchev–Trinajstić information content (AvgIpc) is 3.21. The van der Waals surface area contributed by atoms with Crippen molar-refractivity contribution in [3.8, 4) is 0 Å². The zero-order valence-corrected chi connectivity index (χ0v) is 39.7. The molecule has 1 heterocycles. The van der Waals surface area contributed by atoms with Crippen molar-refractivity contribution in [1.82, 2.24) is 24.5 Å². The van der Waals surface area contributed by atoms with Gasteiger partial charge in [-0.3, -0.25) is 34.0 Å². The zero-order chi connectivity index (χ0) is 44.6. The SMILES string of the molecule is CCCCCCCCCCCCCCCCN(CCCCCCCCCCCCCCCC)CC(O)CN1CCN(CC(=O)O)CCN(CC(=O)O)CCN(CC(=O)O)CC1. The summed E-state index contributed by atoms with van der Waals surface area (Å²) in [6, 6.07) is 0. The summed E-state index contributed by atoms with van der Waals surface area (Å²) in [5.74, 6) is -2.83. The highest BCUT2D eigenvalue weighted by Gasteiger charge is 2.22. The minimum atomic E-state index is -0.968. The summed E-state index contributed by atoms with van der Waals surface area (Å²) < 4.78 is 0. The summed E-state index contributed by atoms with van der Waals surface area (Å²) >= 11 is 0. The molecule has 1 aliphatic rings. The summed E-state index contributed by atoms with van der Waals surface area (Å²) in [4.78, 5) is 45.1. The number of β-amino-alcohol motifs (C(OH)–C–C–N with tert-alkyl or cyclic N) is 1. The molecule has 12 heteroatoms. The second-order valence-electron chi connectivity index (χ2n) is 18.5. The minimum Gasteiger partial charge on any atom is -0.480 e. The van der Waals surface area contributed by atoms with E-state index in [1.54, 1.807) is 4.90 Å². The van der Waals surface area contributed by atoms with Gasteiger partial charge in [0.15, 0.2) is 0 Å². The van der Waals surface area contributed by atoms with Crippen LogP contribution >= 0.6 is 0 Å². The molecule has 0 aromatic carbocycles. The number of hydrogen-bond acceptors (Lipinski definition) is 9. The van der Waals surface area contributed by atoms with Crippen LogP contribution in [0.1, 0.15) is 194 Å². The number of aliphatic carboxylic acids is 3. The monoisotopic (exact) mass is 868 g/mol. The Labute approximate surface area is 374 Å². The Morgan fingerprint density at radius 1 is 0.393 bits per heavy atom. The van der Waals surface area contributed by atoms with Gasteiger partial charge in [0.1, 0.15) is 0 Å². The van der Waals surface area contributed by atoms with Crippen LogP contribution in [0.5, 0.6) is 0 Å². The van der Waals surface area contributed by atoms with E-state index in [0.29, 0.717) is 65.4 Å². The Bertz CT molecular complexity index is 975. The number of unbranched alkanes of at least 4 members (excludes halogenated alkanes) is 26. The third kappa shape index (κ3) is 37.3. The number of rotatable bonds is 40. The summed E-state index contributed by atoms with van der Waals surface area (Å²) in [6.45, 7) is 10.6. The molecule has 0 radical (unpaired) electrons. The van der Waals surface area contributed by atoms with Crippen molar-refractivity contribution < 1.29 is 34.8 Å². The van der Waals surface area contributed by atoms with Gasteiger partial charge in [0.25, 0.3) is 0 Å². The van der Waals surface area contributed by atoms with Gasteiger partial charge in [-0.2, -0.15) is 0 Å². The Hall–Kier alpha value is -1.83. The standard InChI is InChI=1S/C49H97N5O7/c1-3-5-7-9-11-13-15-17-19-21-23-25-27-29-31-50(32-30-28-26-24-22-20-18-16-14-12-10-8-6-4-2)41-46(55)42-51-33-35-52(43-47(56)57)37-39-54(45-49(60)61)40-38-53(36-34-51)44-48(58)59/h46,55H,3-45H2,1-2H3,(H,56,57)(H,58,59)(H,60,61). The van der Waals surface area contributed by atoms with Gasteiger partial charge in [-0.25, -0.2) is 0 Å². The zero-order valence-electron chi connectivity index (χ0n) is 39.7. The smallest absolute Gasteiger partial charge is 0.317 e. The van der Waals surface area contributed by atoms with Gasteiger partial charge in [0, 0.05) is 65.4 Å². The molecule has 0 aromatic rings. The highest BCUT2D eigenvalue weighted by Crippen LogP contribution is 2.16. The van der Waals surface area contributed by atoms with Gasteiger partial charge in [-0.15, -0.1) is 0 Å². The molecule has 0 aliphatic carbocycles. The average molecular weight is 868 g/mol. The molecular weight excluding hydrogens is 771 g/mol. The Morgan fingerprint density at radius 3 is 0.869 bits per heavy atom. The summed E-state index contributed by atoms with van der Waals surface area (Å²) in [7, 11) is 0. The molecule has 0 aromatic heterocycles. The molecule has 0 amide bonds. The van der Waals surface area contributed by atoms with Gasteiger partial charge in [-0.05, 0) is 25.9 Å². The first-order valence-electron chi connectivity index (χ1n) is 25.6. The lowest BCUT2D eigenvalue weighted by atomic mass is 10.0. The first kappa shape index (κ1) is 57.2. The molecule has 1 rings (SSSR count). The van der Waals surface area contributed by atoms with Crippen LogP contribution in [-0.4, -0.2) is 167 Å². The van der Waals surface area contributed by atoms with E-state index in [1.807, 2.05) is 9.80 Å². The molecule has 0 saturated carbocycles. The van der Waals surface area contributed by atoms with E-state index in [-0.39, 0.29) is 19.6 Å². The highest BCUT2D eigenvalue weighted by molar-refractivity contribution is 5.69. The van der Waals surface area contributed by atoms with Gasteiger partial charge >= 0.3 is 17.9 Å². The summed E-state index contributed by atoms with van der Waals surface area (Å²) in [5, 5.41) is 40.3. The second kappa shape index (κ2) is 40.9. The first-order valence-corrected chi connectivity index (χ1v) is 25.6. The van der Waals surface area contributed by atoms with Crippen molar-refractivity contribution in [1.29, 1.82) is 0 Å². The van der Waals surface area contributed by atoms with E-state index < -0.39 is 24.0 Å². The molecule has 12 nitrogen and oxygen atoms in total. The third-order valence-corrected chi connectivity index (χ3v) is 12.6. The molecule has 0 spiro atoms. The molecule has 1 aliphatic heterocycles. The van der Waals surface area contributed by atoms with E-state index in [1.165, 1.54) is 167 Å². The predicted molar refractivity (Wildman–Crippen MR) is 252 cm³/mol. The number of carboxylic acids is 3. The molecule has 61 heavy (non-hydrogen) atoms. The van der Waals surface area contributed by atoms with E-state index in [2.05, 4.69) is 23.6 Å². The lowest BCUT2D eigenvalue weighted by Gasteiger charge is -2.34. The maximum Gasteiger partial charge on any atom is 0.317 e. The summed E-state index contributed by atoms with van der Waals surface area (Å²) in [6.07, 6.45) is 36.7. The van der Waals surface area contributed by atoms with Crippen molar-refractivity contribution in [2.24, 2.45) is 0 Å². The maximum absolute atomic E-state index is 11.7. The molecule has 1 saturated heterocycles. The normalized spacial score (nSPS) is 16.1. The van der Waals surface area contributed by atoms with E-state index in [9.17, 15) is 34.8 Å². The largest absolute Gasteiger partial charge is 0.480 e. The van der Waals surface area contributed by atoms with Crippen LogP contribution in [0.25, 0.3) is 0 Å². The van der Waals surface area contributed by atoms with Crippen LogP contribution in [0.4, 0.5) is 0 Å². The predicted octanol–water partition coefficient (Wildman–Crippen LogP) is 9.09. The second-order valence-corrected chi connectivity index (χ2v) is 18.5. The third-order valence-electron chi connectivity index (χ3n) is 12.6. The fraction of sp³-hybridized carbons (Fsp3) is 0.939. The van der Waals surface area contributed by atoms with Crippen LogP contribution in [0.2, 0.25) is 0 Å². The highest BCUT2D eigenvalue weighted by atomic mass is 16.4. The van der Waals surface area contributed by atoms with E-state index in [4.69, 9.17) is 0 Å². The van der Waals surface area contributed by atoms with E-state index >= 15 is 0 Å². The molecule has 1 unspecified atom stereocenters. The van der Waals surface area contributed by atoms with Crippen molar-refractivity contribution in [3.05, 3.63) is 0 Å². The molecule has 4 N–H and O–H groups in total. The van der Waals surface area contributed by atoms with Crippen LogP contribution in [0, 0.1) is 0 Å². The lowest BCUT2D eigenvalue weighted by Crippen LogP contribution is -2.50. The number of carbonyl (C=O) groups is 3. The van der Waals surface area contributed by atoms with Crippen molar-refractivity contribution in [2.75, 3.05) is 98.2 Å². The molecule has 1 atom stereocenters. The Kier molecular flexibility index (Phi) is 38.4. The van der Waals surface area contributed by atoms with Crippen molar-refractivity contribution >= 4 is 17.9 Å². The van der Waals surface area contributed by atoms with Crippen molar-refractivity contribution in [2.45, 2.75) is 200 Å². The van der Waals surface area contributed by atoms with Gasteiger partial charge in [0.05, 0.1) is 25.7 Å². The number of hydrogen-bond donors (Lipinski definition) is 4. The Balaban J connectivity index is 2.70. The lowest BCUT2D eigenvalue weighted by molar-refractivity contribution is -0.140. The molecule has 0 bridgehead atoms. The van der Waals surface area contributed by atoms with Gasteiger partial charge < -0.3 is 25.3 Å². The maximum atomic E-state index is 11.7. The summed E-state index contributed by atoms with van der Waals surface area (Å²) in [5.41, 5.74) is 0. The minimum absolute atomic E-state index is 0.144. The number of aliphatic hydroxyl groups excluding tert-OH is 1. The molecular formula is C49H97N5O7. The van der Waals surface area contributed by atoms with Crippen LogP contribution < -0.4 is 0 Å². The van der Waals surface area contributed by atoms with Gasteiger partial charge in [-0.1, -0.05) is 181 Å². The fourth-order valence-corrected chi connectivity index (χ4v) is 8.82. The topological polar surface area (TPSA) is 148 Å². The van der Waals surface area contributed by atoms with Gasteiger partial charge in [0.2, 0.25) is 0 Å². The van der Waals surface area contributed by atoms with Crippen molar-refractivity contribution in [3.63, 3.8) is 0 Å². The quantitative estimate of drug-likeness (QED) is 0.0436. The fourth-order valence-electron chi connectivity index (χ4n) is 8.82. The van der Waals surface area contributed by atoms with Crippen LogP contribution in [0.3, 0.4) is 0 Å². The Morgan fingerprint density at radius 2 is 0.623 bits per heavy atom. The molecule has 1 fully saturated rings. The van der Waals surface area contributed by atoms with E-state index in [0.717, 1.165) is 25.9 Å². The number of nitrogens with zero attached hydrogens (tertiary/aromatic N) is 5. The number of carboxylic acid groups (broad SMARTS) is 3. The first-order chi connectivity index (χ1) is 29.6. The van der Waals surface area contributed by atoms with Crippen LogP contribution in [0.15, 0.2) is 0 Å². The number of aliphatic hydroxyl groups is 1.